The highest BCUT2D eigenvalue weighted by molar-refractivity contribution is 7.92. The lowest BCUT2D eigenvalue weighted by molar-refractivity contribution is -0.114. The van der Waals surface area contributed by atoms with Gasteiger partial charge < -0.3 is 10.1 Å². The number of nitrogens with one attached hydrogen (secondary N) is 2. The highest BCUT2D eigenvalue weighted by atomic mass is 32.2. The summed E-state index contributed by atoms with van der Waals surface area (Å²) in [4.78, 5) is 22.5. The Bertz CT molecular complexity index is 1020. The van der Waals surface area contributed by atoms with Crippen LogP contribution in [0.3, 0.4) is 0 Å². The number of sulfonamides is 1. The number of methoxy groups -OCH3 is 1. The lowest BCUT2D eigenvalue weighted by Crippen LogP contribution is -2.17. The molecule has 0 atom stereocenters. The number of carbonyl (C=O) groups excluding carboxylic acids is 2. The minimum atomic E-state index is -4.30. The fourth-order valence-electron chi connectivity index (χ4n) is 2.26. The number of anilines is 2. The summed E-state index contributed by atoms with van der Waals surface area (Å²) >= 11 is 0. The van der Waals surface area contributed by atoms with Gasteiger partial charge in [0, 0.05) is 18.7 Å². The van der Waals surface area contributed by atoms with Gasteiger partial charge in [0.1, 0.15) is 11.6 Å². The van der Waals surface area contributed by atoms with Crippen molar-refractivity contribution in [2.45, 2.75) is 18.7 Å². The predicted molar refractivity (Wildman–Crippen MR) is 94.0 cm³/mol. The molecule has 0 spiro atoms. The van der Waals surface area contributed by atoms with Gasteiger partial charge >= 0.3 is 5.97 Å². The maximum Gasteiger partial charge on any atom is 0.340 e. The summed E-state index contributed by atoms with van der Waals surface area (Å²) in [5.74, 6) is -3.88. The molecule has 7 nitrogen and oxygen atoms in total. The van der Waals surface area contributed by atoms with Crippen molar-refractivity contribution in [2.24, 2.45) is 0 Å². The molecule has 0 heterocycles. The molecular formula is C17H16F2N2O5S. The van der Waals surface area contributed by atoms with E-state index in [0.29, 0.717) is 17.7 Å². The van der Waals surface area contributed by atoms with E-state index in [9.17, 15) is 26.8 Å². The Morgan fingerprint density at radius 1 is 1.07 bits per heavy atom. The van der Waals surface area contributed by atoms with Gasteiger partial charge in [-0.15, -0.1) is 0 Å². The molecule has 0 aliphatic carbocycles. The Kier molecular flexibility index (Phi) is 5.79. The van der Waals surface area contributed by atoms with Crippen LogP contribution < -0.4 is 10.0 Å². The number of ether oxygens (including phenoxy) is 1. The zero-order chi connectivity index (χ0) is 20.4. The molecule has 0 fully saturated rings. The predicted octanol–water partition coefficient (Wildman–Crippen LogP) is 2.82. The second-order valence-corrected chi connectivity index (χ2v) is 7.22. The average Bonchev–Trinajstić information content (AvgIpc) is 2.57. The number of amides is 1. The maximum atomic E-state index is 14.0. The topological polar surface area (TPSA) is 102 Å². The fraction of sp³-hybridized carbons (Fsp3) is 0.176. The van der Waals surface area contributed by atoms with Gasteiger partial charge in [0.15, 0.2) is 0 Å². The van der Waals surface area contributed by atoms with Gasteiger partial charge in [-0.1, -0.05) is 6.07 Å². The van der Waals surface area contributed by atoms with Crippen molar-refractivity contribution in [3.63, 3.8) is 0 Å². The van der Waals surface area contributed by atoms with Gasteiger partial charge in [-0.25, -0.2) is 22.0 Å². The van der Waals surface area contributed by atoms with Gasteiger partial charge in [-0.2, -0.15) is 0 Å². The van der Waals surface area contributed by atoms with Crippen molar-refractivity contribution in [3.05, 3.63) is 53.1 Å². The Balaban J connectivity index is 2.48. The molecule has 0 radical (unpaired) electrons. The summed E-state index contributed by atoms with van der Waals surface area (Å²) in [6.45, 7) is 2.77. The Morgan fingerprint density at radius 2 is 1.74 bits per heavy atom. The van der Waals surface area contributed by atoms with E-state index >= 15 is 0 Å². The number of hydrogen-bond acceptors (Lipinski definition) is 5. The molecule has 0 aliphatic heterocycles. The molecule has 1 amide bonds. The lowest BCUT2D eigenvalue weighted by atomic mass is 10.2. The normalized spacial score (nSPS) is 11.0. The molecule has 0 saturated heterocycles. The second-order valence-electron chi connectivity index (χ2n) is 5.57. The fourth-order valence-corrected chi connectivity index (χ4v) is 3.59. The van der Waals surface area contributed by atoms with Crippen LogP contribution in [0.5, 0.6) is 0 Å². The van der Waals surface area contributed by atoms with Gasteiger partial charge in [0.05, 0.1) is 23.3 Å². The molecule has 2 aromatic rings. The maximum absolute atomic E-state index is 14.0. The van der Waals surface area contributed by atoms with Crippen LogP contribution in [0.1, 0.15) is 22.8 Å². The minimum Gasteiger partial charge on any atom is -0.465 e. The van der Waals surface area contributed by atoms with E-state index in [0.717, 1.165) is 7.11 Å². The van der Waals surface area contributed by atoms with Crippen LogP contribution in [-0.2, 0) is 19.6 Å². The van der Waals surface area contributed by atoms with Gasteiger partial charge in [0.2, 0.25) is 5.91 Å². The third kappa shape index (κ3) is 4.59. The highest BCUT2D eigenvalue weighted by Crippen LogP contribution is 2.26. The Morgan fingerprint density at radius 3 is 2.33 bits per heavy atom. The molecule has 0 aliphatic rings. The molecule has 10 heteroatoms. The average molecular weight is 398 g/mol. The summed E-state index contributed by atoms with van der Waals surface area (Å²) in [5, 5.41) is 2.44. The van der Waals surface area contributed by atoms with Crippen LogP contribution in [0, 0.1) is 18.6 Å². The van der Waals surface area contributed by atoms with E-state index in [4.69, 9.17) is 0 Å². The Labute approximate surface area is 154 Å². The molecule has 2 aromatic carbocycles. The standard InChI is InChI=1S/C17H16F2N2O5S/c1-9-4-5-11(20-10(2)22)6-16(9)27(24,25)21-15-7-12(17(23)26-3)13(18)8-14(15)19/h4-8,21H,1-3H3,(H,20,22). The molecule has 27 heavy (non-hydrogen) atoms. The van der Waals surface area contributed by atoms with Crippen LogP contribution in [0.25, 0.3) is 0 Å². The van der Waals surface area contributed by atoms with Crippen LogP contribution in [0.4, 0.5) is 20.2 Å². The van der Waals surface area contributed by atoms with Crippen molar-refractivity contribution in [2.75, 3.05) is 17.1 Å². The second kappa shape index (κ2) is 7.70. The number of carbonyl (C=O) groups is 2. The molecule has 0 aromatic heterocycles. The summed E-state index contributed by atoms with van der Waals surface area (Å²) in [6.07, 6.45) is 0. The largest absolute Gasteiger partial charge is 0.465 e. The van der Waals surface area contributed by atoms with Crippen molar-refractivity contribution < 1.29 is 31.5 Å². The van der Waals surface area contributed by atoms with E-state index in [1.807, 2.05) is 4.72 Å². The molecule has 0 unspecified atom stereocenters. The summed E-state index contributed by atoms with van der Waals surface area (Å²) in [6, 6.07) is 5.25. The number of rotatable bonds is 5. The first-order chi connectivity index (χ1) is 12.5. The third-order valence-corrected chi connectivity index (χ3v) is 5.01. The third-order valence-electron chi connectivity index (χ3n) is 3.50. The van der Waals surface area contributed by atoms with E-state index < -0.39 is 44.8 Å². The van der Waals surface area contributed by atoms with Gasteiger partial charge in [-0.3, -0.25) is 9.52 Å². The van der Waals surface area contributed by atoms with Crippen molar-refractivity contribution in [3.8, 4) is 0 Å². The molecular weight excluding hydrogens is 382 g/mol. The van der Waals surface area contributed by atoms with Gasteiger partial charge in [0.25, 0.3) is 10.0 Å². The molecule has 144 valence electrons. The first-order valence-electron chi connectivity index (χ1n) is 7.53. The minimum absolute atomic E-state index is 0.225. The first-order valence-corrected chi connectivity index (χ1v) is 9.02. The van der Waals surface area contributed by atoms with E-state index in [2.05, 4.69) is 10.1 Å². The van der Waals surface area contributed by atoms with Gasteiger partial charge in [-0.05, 0) is 30.7 Å². The zero-order valence-electron chi connectivity index (χ0n) is 14.6. The van der Waals surface area contributed by atoms with Crippen LogP contribution in [0.15, 0.2) is 35.2 Å². The van der Waals surface area contributed by atoms with Crippen LogP contribution in [-0.4, -0.2) is 27.4 Å². The molecule has 2 N–H and O–H groups in total. The number of benzene rings is 2. The monoisotopic (exact) mass is 398 g/mol. The van der Waals surface area contributed by atoms with Crippen LogP contribution >= 0.6 is 0 Å². The lowest BCUT2D eigenvalue weighted by Gasteiger charge is -2.13. The number of halogens is 2. The molecule has 0 saturated carbocycles. The zero-order valence-corrected chi connectivity index (χ0v) is 15.4. The SMILES string of the molecule is COC(=O)c1cc(NS(=O)(=O)c2cc(NC(C)=O)ccc2C)c(F)cc1F. The first kappa shape index (κ1) is 20.3. The summed E-state index contributed by atoms with van der Waals surface area (Å²) in [7, 11) is -3.30. The highest BCUT2D eigenvalue weighted by Gasteiger charge is 2.23. The Hall–Kier alpha value is -3.01. The quantitative estimate of drug-likeness (QED) is 0.754. The summed E-state index contributed by atoms with van der Waals surface area (Å²) in [5.41, 5.74) is -0.697. The smallest absolute Gasteiger partial charge is 0.340 e. The molecule has 2 rings (SSSR count). The van der Waals surface area contributed by atoms with Crippen molar-refractivity contribution in [1.29, 1.82) is 0 Å². The van der Waals surface area contributed by atoms with Crippen molar-refractivity contribution in [1.82, 2.24) is 0 Å². The van der Waals surface area contributed by atoms with Crippen molar-refractivity contribution >= 4 is 33.3 Å². The number of aryl methyl sites for hydroxylation is 1. The van der Waals surface area contributed by atoms with E-state index in [-0.39, 0.29) is 10.6 Å². The number of esters is 1. The number of hydrogen-bond donors (Lipinski definition) is 2. The summed E-state index contributed by atoms with van der Waals surface area (Å²) < 4.78 is 59.4. The van der Waals surface area contributed by atoms with Crippen LogP contribution in [0.2, 0.25) is 0 Å². The van der Waals surface area contributed by atoms with E-state index in [1.54, 1.807) is 0 Å². The van der Waals surface area contributed by atoms with E-state index in [1.165, 1.54) is 32.0 Å². The molecule has 0 bridgehead atoms.